The van der Waals surface area contributed by atoms with Crippen LogP contribution in [-0.4, -0.2) is 23.9 Å². The van der Waals surface area contributed by atoms with Crippen LogP contribution in [0.15, 0.2) is 22.7 Å². The predicted molar refractivity (Wildman–Crippen MR) is 66.0 cm³/mol. The number of nitriles is 2. The third-order valence-corrected chi connectivity index (χ3v) is 3.11. The number of carbonyl (C=O) groups excluding carboxylic acids is 1. The highest BCUT2D eigenvalue weighted by Crippen LogP contribution is 2.18. The maximum Gasteiger partial charge on any atom is 0.255 e. The maximum absolute atomic E-state index is 12.0. The first-order chi connectivity index (χ1) is 8.10. The van der Waals surface area contributed by atoms with Crippen LogP contribution in [0, 0.1) is 29.6 Å². The molecule has 1 amide bonds. The van der Waals surface area contributed by atoms with Crippen molar-refractivity contribution < 1.29 is 4.79 Å². The Balaban J connectivity index is 2.98. The van der Waals surface area contributed by atoms with Crippen molar-refractivity contribution in [3.63, 3.8) is 0 Å². The number of benzene rings is 1. The molecule has 0 N–H and O–H groups in total. The first kappa shape index (κ1) is 13.2. The average molecular weight is 292 g/mol. The highest BCUT2D eigenvalue weighted by atomic mass is 79.9. The highest BCUT2D eigenvalue weighted by Gasteiger charge is 2.15. The van der Waals surface area contributed by atoms with Crippen LogP contribution in [0.2, 0.25) is 0 Å². The van der Waals surface area contributed by atoms with E-state index in [9.17, 15) is 4.79 Å². The van der Waals surface area contributed by atoms with Gasteiger partial charge in [0.1, 0.15) is 13.1 Å². The summed E-state index contributed by atoms with van der Waals surface area (Å²) < 4.78 is 0.918. The second kappa shape index (κ2) is 6.03. The molecular formula is C12H10BrN3O. The molecule has 0 aromatic heterocycles. The molecule has 86 valence electrons. The molecule has 0 heterocycles. The lowest BCUT2D eigenvalue weighted by Crippen LogP contribution is -2.31. The van der Waals surface area contributed by atoms with Crippen molar-refractivity contribution in [3.05, 3.63) is 33.8 Å². The number of carbonyl (C=O) groups is 1. The molecule has 0 bridgehead atoms. The van der Waals surface area contributed by atoms with Gasteiger partial charge in [0.05, 0.1) is 12.1 Å². The number of hydrogen-bond donors (Lipinski definition) is 0. The maximum atomic E-state index is 12.0. The second-order valence-electron chi connectivity index (χ2n) is 3.44. The largest absolute Gasteiger partial charge is 0.312 e. The molecule has 5 heteroatoms. The van der Waals surface area contributed by atoms with Crippen LogP contribution in [0.1, 0.15) is 15.9 Å². The van der Waals surface area contributed by atoms with Gasteiger partial charge in [0, 0.05) is 10.0 Å². The van der Waals surface area contributed by atoms with Gasteiger partial charge in [0.2, 0.25) is 0 Å². The van der Waals surface area contributed by atoms with Gasteiger partial charge in [-0.25, -0.2) is 0 Å². The Hall–Kier alpha value is -1.85. The Morgan fingerprint density at radius 3 is 2.41 bits per heavy atom. The molecule has 1 rings (SSSR count). The van der Waals surface area contributed by atoms with Crippen LogP contribution in [-0.2, 0) is 0 Å². The molecule has 0 saturated carbocycles. The fourth-order valence-corrected chi connectivity index (χ4v) is 1.58. The molecular weight excluding hydrogens is 282 g/mol. The van der Waals surface area contributed by atoms with Gasteiger partial charge < -0.3 is 4.90 Å². The minimum absolute atomic E-state index is 0.0818. The molecule has 0 atom stereocenters. The van der Waals surface area contributed by atoms with Crippen LogP contribution < -0.4 is 0 Å². The van der Waals surface area contributed by atoms with Crippen molar-refractivity contribution in [2.24, 2.45) is 0 Å². The summed E-state index contributed by atoms with van der Waals surface area (Å²) in [5.74, 6) is -0.302. The summed E-state index contributed by atoms with van der Waals surface area (Å²) in [6.45, 7) is 1.71. The lowest BCUT2D eigenvalue weighted by atomic mass is 10.1. The second-order valence-corrected chi connectivity index (χ2v) is 4.30. The van der Waals surface area contributed by atoms with E-state index < -0.39 is 0 Å². The van der Waals surface area contributed by atoms with Crippen LogP contribution in [0.5, 0.6) is 0 Å². The number of rotatable bonds is 3. The molecule has 0 fully saturated rings. The Bertz CT molecular complexity index is 497. The van der Waals surface area contributed by atoms with Crippen LogP contribution in [0.4, 0.5) is 0 Å². The van der Waals surface area contributed by atoms with E-state index in [0.29, 0.717) is 5.56 Å². The van der Waals surface area contributed by atoms with Gasteiger partial charge in [-0.15, -0.1) is 0 Å². The van der Waals surface area contributed by atoms with Crippen molar-refractivity contribution in [3.8, 4) is 12.1 Å². The first-order valence-corrected chi connectivity index (χ1v) is 5.68. The molecule has 17 heavy (non-hydrogen) atoms. The third kappa shape index (κ3) is 3.30. The smallest absolute Gasteiger partial charge is 0.255 e. The standard InChI is InChI=1S/C12H10BrN3O/c1-9-8-10(2-3-11(9)13)12(17)16(6-4-14)7-5-15/h2-3,8H,6-7H2,1H3. The van der Waals surface area contributed by atoms with E-state index in [1.165, 1.54) is 4.90 Å². The third-order valence-electron chi connectivity index (χ3n) is 2.22. The summed E-state index contributed by atoms with van der Waals surface area (Å²) in [6, 6.07) is 8.92. The topological polar surface area (TPSA) is 67.9 Å². The molecule has 0 saturated heterocycles. The predicted octanol–water partition coefficient (Wildman–Crippen LogP) is 2.25. The number of amides is 1. The van der Waals surface area contributed by atoms with Gasteiger partial charge in [-0.1, -0.05) is 15.9 Å². The quantitative estimate of drug-likeness (QED) is 0.802. The lowest BCUT2D eigenvalue weighted by Gasteiger charge is -2.16. The molecule has 1 aromatic rings. The number of halogens is 1. The lowest BCUT2D eigenvalue weighted by molar-refractivity contribution is 0.0794. The minimum atomic E-state index is -0.302. The van der Waals surface area contributed by atoms with Crippen LogP contribution >= 0.6 is 15.9 Å². The minimum Gasteiger partial charge on any atom is -0.312 e. The van der Waals surface area contributed by atoms with Gasteiger partial charge in [-0.3, -0.25) is 4.79 Å². The Morgan fingerprint density at radius 2 is 1.94 bits per heavy atom. The zero-order valence-corrected chi connectivity index (χ0v) is 10.9. The zero-order valence-electron chi connectivity index (χ0n) is 9.27. The normalized spacial score (nSPS) is 9.18. The Labute approximate surface area is 108 Å². The molecule has 0 radical (unpaired) electrons. The van der Waals surface area contributed by atoms with E-state index in [2.05, 4.69) is 15.9 Å². The van der Waals surface area contributed by atoms with Crippen LogP contribution in [0.25, 0.3) is 0 Å². The van der Waals surface area contributed by atoms with Gasteiger partial charge in [-0.05, 0) is 30.7 Å². The van der Waals surface area contributed by atoms with Gasteiger partial charge in [0.15, 0.2) is 0 Å². The van der Waals surface area contributed by atoms with Crippen molar-refractivity contribution in [2.45, 2.75) is 6.92 Å². The number of nitrogens with zero attached hydrogens (tertiary/aromatic N) is 3. The van der Waals surface area contributed by atoms with Crippen molar-refractivity contribution in [2.75, 3.05) is 13.1 Å². The molecule has 0 aliphatic heterocycles. The highest BCUT2D eigenvalue weighted by molar-refractivity contribution is 9.10. The molecule has 0 aliphatic carbocycles. The Kier molecular flexibility index (Phi) is 4.68. The molecule has 0 aliphatic rings. The summed E-state index contributed by atoms with van der Waals surface area (Å²) in [7, 11) is 0. The fourth-order valence-electron chi connectivity index (χ4n) is 1.33. The van der Waals surface area contributed by atoms with Crippen molar-refractivity contribution >= 4 is 21.8 Å². The zero-order chi connectivity index (χ0) is 12.8. The van der Waals surface area contributed by atoms with E-state index in [0.717, 1.165) is 10.0 Å². The molecule has 4 nitrogen and oxygen atoms in total. The first-order valence-electron chi connectivity index (χ1n) is 4.89. The summed E-state index contributed by atoms with van der Waals surface area (Å²) >= 11 is 3.35. The summed E-state index contributed by atoms with van der Waals surface area (Å²) in [6.07, 6.45) is 0. The van der Waals surface area contributed by atoms with E-state index >= 15 is 0 Å². The van der Waals surface area contributed by atoms with Gasteiger partial charge in [-0.2, -0.15) is 10.5 Å². The van der Waals surface area contributed by atoms with Crippen LogP contribution in [0.3, 0.4) is 0 Å². The number of aryl methyl sites for hydroxylation is 1. The van der Waals surface area contributed by atoms with Crippen molar-refractivity contribution in [1.29, 1.82) is 10.5 Å². The molecule has 0 unspecified atom stereocenters. The van der Waals surface area contributed by atoms with E-state index in [4.69, 9.17) is 10.5 Å². The summed E-state index contributed by atoms with van der Waals surface area (Å²) in [4.78, 5) is 13.2. The van der Waals surface area contributed by atoms with E-state index in [1.54, 1.807) is 18.2 Å². The molecule has 1 aromatic carbocycles. The van der Waals surface area contributed by atoms with E-state index in [1.807, 2.05) is 19.1 Å². The average Bonchev–Trinajstić information content (AvgIpc) is 2.31. The molecule has 0 spiro atoms. The summed E-state index contributed by atoms with van der Waals surface area (Å²) in [5, 5.41) is 17.2. The van der Waals surface area contributed by atoms with E-state index in [-0.39, 0.29) is 19.0 Å². The van der Waals surface area contributed by atoms with Gasteiger partial charge in [0.25, 0.3) is 5.91 Å². The fraction of sp³-hybridized carbons (Fsp3) is 0.250. The Morgan fingerprint density at radius 1 is 1.35 bits per heavy atom. The number of hydrogen-bond acceptors (Lipinski definition) is 3. The van der Waals surface area contributed by atoms with Crippen molar-refractivity contribution in [1.82, 2.24) is 4.90 Å². The summed E-state index contributed by atoms with van der Waals surface area (Å²) in [5.41, 5.74) is 1.42. The monoisotopic (exact) mass is 291 g/mol. The SMILES string of the molecule is Cc1cc(C(=O)N(CC#N)CC#N)ccc1Br. The van der Waals surface area contributed by atoms with Gasteiger partial charge >= 0.3 is 0 Å².